The molecule has 9 nitrogen and oxygen atoms in total. The van der Waals surface area contributed by atoms with Gasteiger partial charge in [0.1, 0.15) is 5.76 Å². The number of hydrogen-bond acceptors (Lipinski definition) is 9. The molecule has 10 heteroatoms. The van der Waals surface area contributed by atoms with Crippen molar-refractivity contribution < 1.29 is 24.5 Å². The SMILES string of the molecule is CCC1=C(C)C2=NC1=CC1=C(C)C3=C(O)CC(=C4NC(=C(c5cccs5)C5=NC(=C2)C(/C=C\C(=O)O)=C5C)[C@@H](C)[C@@H]4CCC(=O)OC)C3=N1. The first-order chi connectivity index (χ1) is 23.5. The first-order valence-electron chi connectivity index (χ1n) is 16.5. The molecule has 0 amide bonds. The fraction of sp³-hybridized carbons (Fsp3) is 0.308. The Labute approximate surface area is 289 Å². The van der Waals surface area contributed by atoms with Crippen molar-refractivity contribution in [1.29, 1.82) is 0 Å². The average molecular weight is 675 g/mol. The van der Waals surface area contributed by atoms with Gasteiger partial charge in [-0.3, -0.25) is 4.79 Å². The second kappa shape index (κ2) is 12.4. The highest BCUT2D eigenvalue weighted by Gasteiger charge is 2.43. The van der Waals surface area contributed by atoms with Crippen LogP contribution in [0, 0.1) is 11.8 Å². The third-order valence-corrected chi connectivity index (χ3v) is 11.2. The number of rotatable bonds is 7. The Hall–Kier alpha value is -5.09. The summed E-state index contributed by atoms with van der Waals surface area (Å²) in [5, 5.41) is 26.9. The van der Waals surface area contributed by atoms with Gasteiger partial charge in [0.25, 0.3) is 0 Å². The van der Waals surface area contributed by atoms with Gasteiger partial charge in [0.2, 0.25) is 0 Å². The Balaban J connectivity index is 1.55. The van der Waals surface area contributed by atoms with Crippen molar-refractivity contribution >= 4 is 46.0 Å². The first-order valence-corrected chi connectivity index (χ1v) is 17.4. The lowest BCUT2D eigenvalue weighted by Crippen LogP contribution is -2.16. The van der Waals surface area contributed by atoms with E-state index in [9.17, 15) is 19.8 Å². The number of nitrogens with zero attached hydrogens (tertiary/aromatic N) is 3. The van der Waals surface area contributed by atoms with Gasteiger partial charge in [-0.15, -0.1) is 11.3 Å². The summed E-state index contributed by atoms with van der Waals surface area (Å²) in [7, 11) is 1.40. The first kappa shape index (κ1) is 32.5. The van der Waals surface area contributed by atoms with Crippen LogP contribution in [0.1, 0.15) is 65.2 Å². The standard InChI is InChI=1S/C39H38N4O5S/c1-7-22-18(2)26-16-29-23(10-12-32(45)46)19(3)36(42-29)35(31-9-8-14-49-31)37-20(4)24(11-13-33(47)48-6)38(43-37)25-15-30(44)34-21(5)27(41-39(25)34)17-28(22)40-26/h8-10,12,14,16-17,20,24,43-44H,7,11,13,15H2,1-6H3,(H,45,46)/b12-10-,28-17?,29-16?,37-35?,38-25?/t20-,24-/m0/s1. The lowest BCUT2D eigenvalue weighted by atomic mass is 9.84. The Bertz CT molecular complexity index is 2120. The number of aliphatic hydroxyl groups excluding tert-OH is 1. The van der Waals surface area contributed by atoms with Crippen molar-refractivity contribution in [3.05, 3.63) is 120 Å². The van der Waals surface area contributed by atoms with E-state index in [1.807, 2.05) is 37.4 Å². The van der Waals surface area contributed by atoms with Gasteiger partial charge < -0.3 is 20.3 Å². The number of fused-ring (bicyclic) bond motifs is 5. The van der Waals surface area contributed by atoms with Crippen LogP contribution in [-0.2, 0) is 14.3 Å². The molecule has 0 saturated carbocycles. The number of hydrogen-bond donors (Lipinski definition) is 3. The van der Waals surface area contributed by atoms with Crippen LogP contribution in [0.25, 0.3) is 5.57 Å². The summed E-state index contributed by atoms with van der Waals surface area (Å²) in [6, 6.07) is 4.08. The van der Waals surface area contributed by atoms with E-state index >= 15 is 0 Å². The summed E-state index contributed by atoms with van der Waals surface area (Å²) in [5.41, 5.74) is 13.5. The number of aliphatic imine (C=N–C) groups is 3. The molecule has 3 N–H and O–H groups in total. The second-order valence-electron chi connectivity index (χ2n) is 12.9. The minimum absolute atomic E-state index is 0.0667. The van der Waals surface area contributed by atoms with Crippen LogP contribution in [0.4, 0.5) is 0 Å². The number of carboxylic acids is 1. The summed E-state index contributed by atoms with van der Waals surface area (Å²) in [5.74, 6) is -1.20. The average Bonchev–Trinajstić information content (AvgIpc) is 3.91. The Morgan fingerprint density at radius 2 is 1.84 bits per heavy atom. The number of aliphatic carboxylic acids is 1. The Morgan fingerprint density at radius 3 is 2.53 bits per heavy atom. The number of esters is 1. The number of carboxylic acid groups (broad SMARTS) is 1. The molecule has 0 unspecified atom stereocenters. The molecule has 0 radical (unpaired) electrons. The van der Waals surface area contributed by atoms with E-state index in [2.05, 4.69) is 32.2 Å². The zero-order valence-corrected chi connectivity index (χ0v) is 29.2. The zero-order valence-electron chi connectivity index (χ0n) is 28.4. The molecule has 49 heavy (non-hydrogen) atoms. The van der Waals surface area contributed by atoms with Crippen molar-refractivity contribution in [1.82, 2.24) is 5.32 Å². The van der Waals surface area contributed by atoms with Crippen LogP contribution in [0.5, 0.6) is 0 Å². The minimum atomic E-state index is -1.04. The van der Waals surface area contributed by atoms with Gasteiger partial charge in [0.05, 0.1) is 41.3 Å². The molecule has 0 spiro atoms. The van der Waals surface area contributed by atoms with Gasteiger partial charge in [-0.2, -0.15) is 0 Å². The van der Waals surface area contributed by atoms with E-state index < -0.39 is 5.97 Å². The number of carbonyl (C=O) groups excluding carboxylic acids is 1. The van der Waals surface area contributed by atoms with Gasteiger partial charge >= 0.3 is 11.9 Å². The monoisotopic (exact) mass is 674 g/mol. The van der Waals surface area contributed by atoms with Crippen LogP contribution in [0.3, 0.4) is 0 Å². The molecule has 1 aliphatic carbocycles. The number of thiophene rings is 1. The number of carbonyl (C=O) groups is 2. The quantitative estimate of drug-likeness (QED) is 0.199. The third-order valence-electron chi connectivity index (χ3n) is 10.3. The van der Waals surface area contributed by atoms with E-state index in [-0.39, 0.29) is 30.0 Å². The maximum absolute atomic E-state index is 12.5. The molecule has 1 saturated heterocycles. The van der Waals surface area contributed by atoms with Crippen LogP contribution >= 0.6 is 11.3 Å². The number of nitrogens with one attached hydrogen (secondary N) is 1. The molecule has 7 rings (SSSR count). The van der Waals surface area contributed by atoms with Crippen molar-refractivity contribution in [2.75, 3.05) is 7.11 Å². The van der Waals surface area contributed by atoms with E-state index in [1.54, 1.807) is 17.4 Å². The van der Waals surface area contributed by atoms with Gasteiger partial charge in [-0.25, -0.2) is 19.8 Å². The predicted octanol–water partition coefficient (Wildman–Crippen LogP) is 7.84. The molecule has 0 aromatic carbocycles. The number of aliphatic hydroxyl groups is 1. The highest BCUT2D eigenvalue weighted by molar-refractivity contribution is 7.11. The van der Waals surface area contributed by atoms with Gasteiger partial charge in [-0.05, 0) is 85.6 Å². The lowest BCUT2D eigenvalue weighted by Gasteiger charge is -2.18. The maximum Gasteiger partial charge on any atom is 0.328 e. The third kappa shape index (κ3) is 5.35. The maximum atomic E-state index is 12.5. The molecular weight excluding hydrogens is 637 g/mol. The normalized spacial score (nSPS) is 23.2. The van der Waals surface area contributed by atoms with E-state index in [1.165, 1.54) is 7.11 Å². The van der Waals surface area contributed by atoms with E-state index in [0.717, 1.165) is 96.3 Å². The van der Waals surface area contributed by atoms with Crippen molar-refractivity contribution in [2.45, 2.75) is 60.3 Å². The Kier molecular flexibility index (Phi) is 8.22. The van der Waals surface area contributed by atoms with Crippen molar-refractivity contribution in [3.8, 4) is 0 Å². The van der Waals surface area contributed by atoms with Crippen LogP contribution < -0.4 is 5.32 Å². The minimum Gasteiger partial charge on any atom is -0.511 e. The van der Waals surface area contributed by atoms with Crippen molar-refractivity contribution in [3.63, 3.8) is 0 Å². The fourth-order valence-corrected chi connectivity index (χ4v) is 8.48. The predicted molar refractivity (Wildman–Crippen MR) is 193 cm³/mol. The van der Waals surface area contributed by atoms with Gasteiger partial charge in [0, 0.05) is 69.3 Å². The molecule has 1 fully saturated rings. The summed E-state index contributed by atoms with van der Waals surface area (Å²) in [6.45, 7) is 10.3. The molecule has 2 atom stereocenters. The molecule has 8 bridgehead atoms. The van der Waals surface area contributed by atoms with E-state index in [4.69, 9.17) is 19.7 Å². The number of methoxy groups -OCH3 is 1. The van der Waals surface area contributed by atoms with Gasteiger partial charge in [-0.1, -0.05) is 19.9 Å². The highest BCUT2D eigenvalue weighted by atomic mass is 32.1. The fourth-order valence-electron chi connectivity index (χ4n) is 7.70. The number of ether oxygens (including phenoxy) is 1. The zero-order chi connectivity index (χ0) is 34.7. The topological polar surface area (TPSA) is 133 Å². The molecule has 1 aromatic rings. The van der Waals surface area contributed by atoms with Crippen LogP contribution in [0.2, 0.25) is 0 Å². The largest absolute Gasteiger partial charge is 0.511 e. The van der Waals surface area contributed by atoms with Gasteiger partial charge in [0.15, 0.2) is 0 Å². The second-order valence-corrected chi connectivity index (χ2v) is 13.9. The summed E-state index contributed by atoms with van der Waals surface area (Å²) < 4.78 is 5.04. The van der Waals surface area contributed by atoms with Crippen molar-refractivity contribution in [2.24, 2.45) is 26.8 Å². The number of allylic oxidation sites excluding steroid dienone is 12. The smallest absolute Gasteiger partial charge is 0.328 e. The molecule has 250 valence electrons. The highest BCUT2D eigenvalue weighted by Crippen LogP contribution is 2.48. The van der Waals surface area contributed by atoms with Crippen LogP contribution in [0.15, 0.2) is 130 Å². The molecule has 6 heterocycles. The van der Waals surface area contributed by atoms with E-state index in [0.29, 0.717) is 24.1 Å². The summed E-state index contributed by atoms with van der Waals surface area (Å²) in [4.78, 5) is 40.7. The molecule has 1 aromatic heterocycles. The summed E-state index contributed by atoms with van der Waals surface area (Å²) >= 11 is 1.60. The molecule has 5 aliphatic heterocycles. The summed E-state index contributed by atoms with van der Waals surface area (Å²) in [6.07, 6.45) is 8.58. The molecule has 6 aliphatic rings. The lowest BCUT2D eigenvalue weighted by molar-refractivity contribution is -0.141. The van der Waals surface area contributed by atoms with Crippen LogP contribution in [-0.4, -0.2) is 46.4 Å². The molecular formula is C39H38N4O5S. The Morgan fingerprint density at radius 1 is 1.04 bits per heavy atom.